The van der Waals surface area contributed by atoms with Gasteiger partial charge in [-0.3, -0.25) is 9.98 Å². The smallest absolute Gasteiger partial charge is 0.148 e. The predicted molar refractivity (Wildman–Crippen MR) is 553 cm³/mol. The molecular formula is C122H90N10S. The molecule has 24 rings (SSSR count). The van der Waals surface area contributed by atoms with E-state index in [2.05, 4.69) is 494 Å². The van der Waals surface area contributed by atoms with Gasteiger partial charge in [-0.25, -0.2) is 0 Å². The van der Waals surface area contributed by atoms with Crippen molar-refractivity contribution in [3.63, 3.8) is 0 Å². The Kier molecular flexibility index (Phi) is 23.2. The highest BCUT2D eigenvalue weighted by Gasteiger charge is 2.45. The summed E-state index contributed by atoms with van der Waals surface area (Å²) >= 11 is 1.26. The maximum Gasteiger partial charge on any atom is 0.148 e. The number of nitrogens with zero attached hydrogens (tertiary/aromatic N) is 10. The molecule has 0 saturated carbocycles. The second kappa shape index (κ2) is 37.3. The predicted octanol–water partition coefficient (Wildman–Crippen LogP) is 32.1. The van der Waals surface area contributed by atoms with Crippen LogP contribution in [0.25, 0.3) is 77.8 Å². The summed E-state index contributed by atoms with van der Waals surface area (Å²) < 4.78 is 9.28. The van der Waals surface area contributed by atoms with E-state index in [-0.39, 0.29) is 31.8 Å². The van der Waals surface area contributed by atoms with Gasteiger partial charge in [0.05, 0.1) is 46.9 Å². The molecule has 4 atom stereocenters. The summed E-state index contributed by atoms with van der Waals surface area (Å²) in [5.41, 5.74) is 38.4. The zero-order valence-electron chi connectivity index (χ0n) is 72.0. The van der Waals surface area contributed by atoms with E-state index < -0.39 is 0 Å². The molecule has 0 saturated heterocycles. The number of anilines is 11. The van der Waals surface area contributed by atoms with E-state index in [1.807, 2.05) is 42.5 Å². The van der Waals surface area contributed by atoms with E-state index in [0.29, 0.717) is 5.56 Å². The van der Waals surface area contributed by atoms with Crippen molar-refractivity contribution in [3.05, 3.63) is 536 Å². The first kappa shape index (κ1) is 82.8. The minimum absolute atomic E-state index is 0. The first-order valence-corrected chi connectivity index (χ1v) is 45.4. The Morgan fingerprint density at radius 2 is 0.481 bits per heavy atom. The number of benzene rings is 19. The van der Waals surface area contributed by atoms with Crippen molar-refractivity contribution >= 4 is 96.7 Å². The second-order valence-corrected chi connectivity index (χ2v) is 33.6. The van der Waals surface area contributed by atoms with Crippen molar-refractivity contribution in [1.82, 2.24) is 8.75 Å². The highest BCUT2D eigenvalue weighted by molar-refractivity contribution is 7.00. The Hall–Kier alpha value is -17.2. The van der Waals surface area contributed by atoms with Crippen LogP contribution < -0.4 is 24.5 Å². The van der Waals surface area contributed by atoms with Crippen LogP contribution in [0.2, 0.25) is 0 Å². The molecule has 2 aliphatic heterocycles. The first-order valence-electron chi connectivity index (χ1n) is 44.7. The van der Waals surface area contributed by atoms with Crippen LogP contribution in [0.15, 0.2) is 507 Å². The number of para-hydroxylation sites is 7. The van der Waals surface area contributed by atoms with Gasteiger partial charge < -0.3 is 24.5 Å². The fraction of sp³-hybridized carbons (Fsp3) is 0.0410. The van der Waals surface area contributed by atoms with E-state index in [0.717, 1.165) is 118 Å². The van der Waals surface area contributed by atoms with Gasteiger partial charge in [-0.05, 0) is 223 Å². The number of aliphatic imine (C=N–C) groups is 2. The molecule has 4 aliphatic rings. The van der Waals surface area contributed by atoms with Crippen molar-refractivity contribution in [3.8, 4) is 72.8 Å². The van der Waals surface area contributed by atoms with Gasteiger partial charge in [0.2, 0.25) is 0 Å². The quantitative estimate of drug-likeness (QED) is 0.0891. The Morgan fingerprint density at radius 1 is 0.226 bits per heavy atom. The zero-order chi connectivity index (χ0) is 88.1. The van der Waals surface area contributed by atoms with Crippen LogP contribution in [0.3, 0.4) is 0 Å². The molecule has 0 spiro atoms. The van der Waals surface area contributed by atoms with Gasteiger partial charge in [-0.1, -0.05) is 359 Å². The van der Waals surface area contributed by atoms with Gasteiger partial charge in [0.1, 0.15) is 23.4 Å². The van der Waals surface area contributed by atoms with Crippen LogP contribution in [0.5, 0.6) is 0 Å². The third-order valence-corrected chi connectivity index (χ3v) is 25.9. The first-order chi connectivity index (χ1) is 65.5. The largest absolute Gasteiger partial charge is 0.333 e. The molecule has 0 N–H and O–H groups in total. The molecule has 20 aromatic rings. The van der Waals surface area contributed by atoms with E-state index in [9.17, 15) is 5.26 Å². The van der Waals surface area contributed by atoms with Crippen molar-refractivity contribution < 1.29 is 0 Å². The number of nitriles is 1. The minimum Gasteiger partial charge on any atom is -0.333 e. The van der Waals surface area contributed by atoms with Crippen LogP contribution in [-0.4, -0.2) is 20.2 Å². The molecule has 3 heterocycles. The van der Waals surface area contributed by atoms with Gasteiger partial charge in [0, 0.05) is 84.8 Å². The van der Waals surface area contributed by atoms with Crippen LogP contribution in [0, 0.1) is 11.3 Å². The lowest BCUT2D eigenvalue weighted by atomic mass is 9.81. The molecule has 10 nitrogen and oxygen atoms in total. The number of fused-ring (bicyclic) bond motifs is 13. The monoisotopic (exact) mass is 1730 g/mol. The van der Waals surface area contributed by atoms with E-state index >= 15 is 0 Å². The Bertz CT molecular complexity index is 7440. The number of aromatic nitrogens is 2. The number of hydrogen-bond acceptors (Lipinski definition) is 11. The summed E-state index contributed by atoms with van der Waals surface area (Å²) in [5, 5.41) is 9.53. The summed E-state index contributed by atoms with van der Waals surface area (Å²) in [5.74, 6) is 0. The summed E-state index contributed by atoms with van der Waals surface area (Å²) in [4.78, 5) is 22.7. The average Bonchev–Trinajstić information content (AvgIpc) is 1.59. The normalized spacial score (nSPS) is 14.5. The average molecular weight is 1730 g/mol. The van der Waals surface area contributed by atoms with Crippen LogP contribution in [0.4, 0.5) is 62.6 Å². The molecule has 0 radical (unpaired) electrons. The summed E-state index contributed by atoms with van der Waals surface area (Å²) in [6.45, 7) is 0. The highest BCUT2D eigenvalue weighted by Crippen LogP contribution is 2.54. The van der Waals surface area contributed by atoms with Gasteiger partial charge in [0.15, 0.2) is 0 Å². The molecule has 19 aromatic carbocycles. The third-order valence-electron chi connectivity index (χ3n) is 25.3. The lowest BCUT2D eigenvalue weighted by Crippen LogP contribution is -2.32. The minimum atomic E-state index is -0.233. The molecule has 133 heavy (non-hydrogen) atoms. The lowest BCUT2D eigenvalue weighted by Gasteiger charge is -2.36. The van der Waals surface area contributed by atoms with Gasteiger partial charge in [-0.15, -0.1) is 0 Å². The topological polar surface area (TPSA) is 90.5 Å². The van der Waals surface area contributed by atoms with Crippen molar-refractivity contribution in [1.29, 1.82) is 5.26 Å². The molecule has 2 aliphatic carbocycles. The maximum atomic E-state index is 9.53. The molecular weight excluding hydrogens is 1640 g/mol. The molecule has 0 bridgehead atoms. The summed E-state index contributed by atoms with van der Waals surface area (Å²) in [6, 6.07) is 177. The SMILES string of the molecule is C.N#Cc1ccc(N2C(c3ccc(-c4ccc(N(c5ccccc5)c5ccccc5)cc4)cc3)N=C3c4ccccc4-c4ccccc4C32)cc1.c1ccc(-c2ccc(-c3ccc(N(c4ccccc4)c4ccccc4)cc3)c3nsnc23)cc1.c1ccc(N(c2ccccc2)c2ccc(-c3ccc(C4N=C5c6ccccc6-c6ccccc6C5N4c4ccccc4)cc3)cc2)cc1. The summed E-state index contributed by atoms with van der Waals surface area (Å²) in [6.07, 6.45) is -0.378. The Balaban J connectivity index is 0.000000122. The van der Waals surface area contributed by atoms with Gasteiger partial charge in [0.25, 0.3) is 0 Å². The van der Waals surface area contributed by atoms with Crippen molar-refractivity contribution in [2.75, 3.05) is 24.5 Å². The molecule has 634 valence electrons. The molecule has 0 amide bonds. The summed E-state index contributed by atoms with van der Waals surface area (Å²) in [7, 11) is 0. The van der Waals surface area contributed by atoms with Crippen LogP contribution >= 0.6 is 11.7 Å². The maximum absolute atomic E-state index is 9.53. The Labute approximate surface area is 780 Å². The van der Waals surface area contributed by atoms with E-state index in [4.69, 9.17) is 9.98 Å². The second-order valence-electron chi connectivity index (χ2n) is 33.0. The number of hydrogen-bond donors (Lipinski definition) is 0. The van der Waals surface area contributed by atoms with Gasteiger partial charge in [-0.2, -0.15) is 14.0 Å². The standard InChI is InChI=1S/C46H32N4.C45H33N3.C30H21N3S.CH4/c47-31-32-19-27-39(28-20-32)50-45-43-18-10-8-16-41(43)40-15-7-9-17-42(40)44(45)48-46(50)35-23-21-33(22-24-35)34-25-29-38(30-26-34)49(36-11-3-1-4-12-36)37-13-5-2-6-14-37;1-4-14-35(15-5-1)47(36-16-6-2-7-17-36)38-30-28-33(29-31-38)32-24-26-34(27-25-32)45-46-43-41-22-12-10-20-39(41)40-21-11-13-23-42(40)44(43)48(45)37-18-8-3-9-19-37;1-4-10-22(11-5-1)27-20-21-28(30-29(27)31-34-32-30)23-16-18-26(19-17-23)33(24-12-6-2-7-13-24)25-14-8-3-9-15-25;/h1-30,45-46H;1-31,44-45H;1-21H;1H4. The fourth-order valence-corrected chi connectivity index (χ4v) is 19.7. The van der Waals surface area contributed by atoms with E-state index in [1.165, 1.54) is 78.6 Å². The highest BCUT2D eigenvalue weighted by atomic mass is 32.1. The van der Waals surface area contributed by atoms with Gasteiger partial charge >= 0.3 is 0 Å². The van der Waals surface area contributed by atoms with Crippen molar-refractivity contribution in [2.24, 2.45) is 9.98 Å². The van der Waals surface area contributed by atoms with Crippen LogP contribution in [-0.2, 0) is 0 Å². The van der Waals surface area contributed by atoms with Crippen LogP contribution in [0.1, 0.15) is 70.8 Å². The number of rotatable bonds is 17. The molecule has 4 unspecified atom stereocenters. The Morgan fingerprint density at radius 3 is 0.812 bits per heavy atom. The van der Waals surface area contributed by atoms with Crippen molar-refractivity contribution in [2.45, 2.75) is 31.8 Å². The zero-order valence-corrected chi connectivity index (χ0v) is 72.8. The fourth-order valence-electron chi connectivity index (χ4n) is 19.2. The third kappa shape index (κ3) is 16.3. The molecule has 0 fully saturated rings. The molecule has 1 aromatic heterocycles. The lowest BCUT2D eigenvalue weighted by molar-refractivity contribution is 0.669. The van der Waals surface area contributed by atoms with E-state index in [1.54, 1.807) is 0 Å². The molecule has 11 heteroatoms.